The van der Waals surface area contributed by atoms with E-state index in [0.29, 0.717) is 47.6 Å². The highest BCUT2D eigenvalue weighted by Crippen LogP contribution is 2.39. The zero-order valence-electron chi connectivity index (χ0n) is 22.0. The second kappa shape index (κ2) is 11.0. The fourth-order valence-corrected chi connectivity index (χ4v) is 6.08. The second-order valence-electron chi connectivity index (χ2n) is 10.3. The highest BCUT2D eigenvalue weighted by Gasteiger charge is 2.42. The number of benzene rings is 2. The molecular formula is C28H30F3N3O6. The number of aliphatic hydroxyl groups is 1. The van der Waals surface area contributed by atoms with E-state index in [4.69, 9.17) is 9.73 Å². The Kier molecular flexibility index (Phi) is 7.63. The topological polar surface area (TPSA) is 112 Å². The summed E-state index contributed by atoms with van der Waals surface area (Å²) in [5, 5.41) is 22.4. The third kappa shape index (κ3) is 4.96. The van der Waals surface area contributed by atoms with Crippen LogP contribution in [0.1, 0.15) is 50.7 Å². The molecule has 0 spiro atoms. The summed E-state index contributed by atoms with van der Waals surface area (Å²) in [7, 11) is 1.29. The van der Waals surface area contributed by atoms with Gasteiger partial charge in [-0.15, -0.1) is 0 Å². The summed E-state index contributed by atoms with van der Waals surface area (Å²) in [5.41, 5.74) is 0.949. The molecule has 0 aromatic heterocycles. The first-order valence-corrected chi connectivity index (χ1v) is 13.1. The average molecular weight is 562 g/mol. The van der Waals surface area contributed by atoms with Gasteiger partial charge in [-0.05, 0) is 62.9 Å². The van der Waals surface area contributed by atoms with Gasteiger partial charge in [0.05, 0.1) is 29.8 Å². The van der Waals surface area contributed by atoms with Crippen LogP contribution < -0.4 is 25.1 Å². The maximum Gasteiger partial charge on any atom is 0.414 e. The number of hydrogen-bond donors (Lipinski definition) is 2. The molecule has 0 bridgehead atoms. The van der Waals surface area contributed by atoms with Gasteiger partial charge in [0.25, 0.3) is 0 Å². The Bertz CT molecular complexity index is 1440. The fourth-order valence-electron chi connectivity index (χ4n) is 6.08. The van der Waals surface area contributed by atoms with Crippen molar-refractivity contribution in [3.8, 4) is 5.75 Å². The number of fused-ring (bicyclic) bond motifs is 3. The molecule has 9 nitrogen and oxygen atoms in total. The molecule has 1 fully saturated rings. The molecule has 5 atom stereocenters. The quantitative estimate of drug-likeness (QED) is 0.553. The number of nitrogens with zero attached hydrogens (tertiary/aromatic N) is 3. The molecule has 5 rings (SSSR count). The maximum atomic E-state index is 14.3. The van der Waals surface area contributed by atoms with Gasteiger partial charge in [0.1, 0.15) is 17.7 Å². The van der Waals surface area contributed by atoms with Crippen LogP contribution in [0, 0.1) is 11.7 Å². The van der Waals surface area contributed by atoms with Crippen LogP contribution in [0.25, 0.3) is 6.08 Å². The lowest BCUT2D eigenvalue weighted by Gasteiger charge is -2.40. The number of hydrogen-bond acceptors (Lipinski definition) is 7. The lowest BCUT2D eigenvalue weighted by atomic mass is 9.84. The first kappa shape index (κ1) is 27.8. The summed E-state index contributed by atoms with van der Waals surface area (Å²) >= 11 is 0. The second-order valence-corrected chi connectivity index (χ2v) is 10.3. The summed E-state index contributed by atoms with van der Waals surface area (Å²) in [6.07, 6.45) is 1.22. The van der Waals surface area contributed by atoms with Crippen LogP contribution in [0.5, 0.6) is 5.75 Å². The summed E-state index contributed by atoms with van der Waals surface area (Å²) in [6.45, 7) is -1.32. The fraction of sp³-hybridized carbons (Fsp3) is 0.464. The van der Waals surface area contributed by atoms with Gasteiger partial charge in [-0.1, -0.05) is 12.5 Å². The van der Waals surface area contributed by atoms with E-state index in [9.17, 15) is 33.0 Å². The predicted molar refractivity (Wildman–Crippen MR) is 138 cm³/mol. The van der Waals surface area contributed by atoms with Crippen molar-refractivity contribution in [2.24, 2.45) is 10.9 Å². The first-order valence-electron chi connectivity index (χ1n) is 13.1. The molecule has 2 aliphatic heterocycles. The Morgan fingerprint density at radius 3 is 2.60 bits per heavy atom. The number of halogens is 3. The molecule has 2 N–H and O–H groups in total. The monoisotopic (exact) mass is 561 g/mol. The van der Waals surface area contributed by atoms with Crippen LogP contribution in [-0.4, -0.2) is 54.2 Å². The van der Waals surface area contributed by atoms with E-state index < -0.39 is 42.7 Å². The van der Waals surface area contributed by atoms with Gasteiger partial charge in [-0.3, -0.25) is 14.7 Å². The summed E-state index contributed by atoms with van der Waals surface area (Å²) in [6, 6.07) is 5.87. The highest BCUT2D eigenvalue weighted by molar-refractivity contribution is 5.90. The summed E-state index contributed by atoms with van der Waals surface area (Å²) in [5.74, 6) is -2.67. The van der Waals surface area contributed by atoms with Crippen molar-refractivity contribution in [1.29, 1.82) is 0 Å². The minimum absolute atomic E-state index is 0.187. The number of carbonyl (C=O) groups excluding carboxylic acids is 1. The van der Waals surface area contributed by atoms with Crippen molar-refractivity contribution in [3.63, 3.8) is 0 Å². The Balaban J connectivity index is 1.66. The number of anilines is 2. The maximum absolute atomic E-state index is 14.3. The first-order chi connectivity index (χ1) is 19.1. The molecule has 1 aliphatic carbocycles. The minimum Gasteiger partial charge on any atom is -0.481 e. The van der Waals surface area contributed by atoms with Crippen molar-refractivity contribution >= 4 is 29.5 Å². The van der Waals surface area contributed by atoms with Gasteiger partial charge in [0.2, 0.25) is 0 Å². The third-order valence-electron chi connectivity index (χ3n) is 7.91. The van der Waals surface area contributed by atoms with Crippen LogP contribution in [0.3, 0.4) is 0 Å². The Hall–Kier alpha value is -3.80. The van der Waals surface area contributed by atoms with Gasteiger partial charge in [0, 0.05) is 22.9 Å². The van der Waals surface area contributed by atoms with Crippen LogP contribution >= 0.6 is 0 Å². The number of methoxy groups -OCH3 is 1. The van der Waals surface area contributed by atoms with E-state index in [0.717, 1.165) is 18.2 Å². The van der Waals surface area contributed by atoms with E-state index in [1.54, 1.807) is 17.0 Å². The van der Waals surface area contributed by atoms with E-state index in [2.05, 4.69) is 4.74 Å². The number of carboxylic acids is 1. The number of ether oxygens (including phenoxy) is 2. The molecule has 12 heteroatoms. The largest absolute Gasteiger partial charge is 0.481 e. The van der Waals surface area contributed by atoms with Crippen molar-refractivity contribution in [2.75, 3.05) is 16.9 Å². The van der Waals surface area contributed by atoms with Crippen molar-refractivity contribution in [3.05, 3.63) is 52.3 Å². The number of carbonyl (C=O) groups is 2. The van der Waals surface area contributed by atoms with Gasteiger partial charge < -0.3 is 24.6 Å². The number of alkyl halides is 2. The molecule has 1 amide bonds. The molecule has 2 aromatic rings. The lowest BCUT2D eigenvalue weighted by molar-refractivity contribution is -0.143. The molecule has 3 aliphatic rings. The zero-order valence-corrected chi connectivity index (χ0v) is 22.0. The van der Waals surface area contributed by atoms with Crippen molar-refractivity contribution < 1.29 is 42.4 Å². The number of amides is 1. The van der Waals surface area contributed by atoms with Crippen molar-refractivity contribution in [2.45, 2.75) is 70.0 Å². The highest BCUT2D eigenvalue weighted by atomic mass is 19.3. The predicted octanol–water partition coefficient (Wildman–Crippen LogP) is 3.72. The molecule has 1 saturated carbocycles. The molecular weight excluding hydrogens is 531 g/mol. The molecule has 0 radical (unpaired) electrons. The van der Waals surface area contributed by atoms with Crippen LogP contribution in [-0.2, 0) is 9.53 Å². The number of aliphatic carboxylic acids is 1. The van der Waals surface area contributed by atoms with Gasteiger partial charge in [-0.25, -0.2) is 9.18 Å². The number of aliphatic hydroxyl groups excluding tert-OH is 1. The lowest BCUT2D eigenvalue weighted by Crippen LogP contribution is -2.48. The molecule has 2 heterocycles. The third-order valence-corrected chi connectivity index (χ3v) is 7.91. The van der Waals surface area contributed by atoms with E-state index >= 15 is 0 Å². The Morgan fingerprint density at radius 1 is 1.15 bits per heavy atom. The SMILES string of the molecule is COC(=O)N1c2ccc3c(c2=CC[C@@H]1C)=NC([C@H](O)c1cc(F)ccc1OC(F)F)N3[C@@H]1CCC[C@@H](C(=O)O)C1. The Morgan fingerprint density at radius 2 is 1.90 bits per heavy atom. The Labute approximate surface area is 228 Å². The normalized spacial score (nSPS) is 24.5. The number of rotatable bonds is 6. The minimum atomic E-state index is -3.20. The standard InChI is InChI=1S/C28H30F3N3O6/c1-14-6-8-18-20(33(14)28(38)39-2)9-10-21-23(18)32-25(34(21)17-5-3-4-15(12-17)26(36)37)24(35)19-13-16(29)7-11-22(19)40-27(30)31/h7-11,13-15,17,24-25,27,35H,3-6,12H2,1-2H3,(H,36,37)/t14-,15+,17+,24+,25?/m0/s1. The zero-order chi connectivity index (χ0) is 28.7. The van der Waals surface area contributed by atoms with Crippen LogP contribution in [0.15, 0.2) is 35.3 Å². The molecule has 1 unspecified atom stereocenters. The number of carboxylic acid groups (broad SMARTS) is 1. The van der Waals surface area contributed by atoms with Gasteiger partial charge in [-0.2, -0.15) is 8.78 Å². The van der Waals surface area contributed by atoms with E-state index in [-0.39, 0.29) is 29.8 Å². The van der Waals surface area contributed by atoms with Crippen LogP contribution in [0.4, 0.5) is 29.3 Å². The summed E-state index contributed by atoms with van der Waals surface area (Å²) < 4.78 is 50.2. The molecule has 0 saturated heterocycles. The smallest absolute Gasteiger partial charge is 0.414 e. The van der Waals surface area contributed by atoms with Crippen LogP contribution in [0.2, 0.25) is 0 Å². The molecule has 40 heavy (non-hydrogen) atoms. The van der Waals surface area contributed by atoms with Crippen molar-refractivity contribution in [1.82, 2.24) is 0 Å². The van der Waals surface area contributed by atoms with Gasteiger partial charge >= 0.3 is 18.7 Å². The molecule has 214 valence electrons. The molecule has 2 aromatic carbocycles. The van der Waals surface area contributed by atoms with E-state index in [1.807, 2.05) is 13.0 Å². The van der Waals surface area contributed by atoms with E-state index in [1.165, 1.54) is 12.0 Å². The van der Waals surface area contributed by atoms with Gasteiger partial charge in [0.15, 0.2) is 6.17 Å². The summed E-state index contributed by atoms with van der Waals surface area (Å²) in [4.78, 5) is 32.6. The average Bonchev–Trinajstić information content (AvgIpc) is 3.33.